The second kappa shape index (κ2) is 18.7. The summed E-state index contributed by atoms with van der Waals surface area (Å²) >= 11 is 0. The molecule has 0 aliphatic heterocycles. The molecular weight excluding hydrogens is 504 g/mol. The summed E-state index contributed by atoms with van der Waals surface area (Å²) in [7, 11) is 0. The van der Waals surface area contributed by atoms with E-state index in [1.807, 2.05) is 24.3 Å². The van der Waals surface area contributed by atoms with Crippen LogP contribution < -0.4 is 4.74 Å². The van der Waals surface area contributed by atoms with Crippen molar-refractivity contribution in [3.63, 3.8) is 0 Å². The Bertz CT molecular complexity index is 965. The van der Waals surface area contributed by atoms with E-state index in [1.165, 1.54) is 97.5 Å². The number of hydrogen-bond donors (Lipinski definition) is 3. The highest BCUT2D eigenvalue weighted by Gasteiger charge is 2.25. The summed E-state index contributed by atoms with van der Waals surface area (Å²) in [4.78, 5) is 23.6. The van der Waals surface area contributed by atoms with Gasteiger partial charge in [0.2, 0.25) is 0 Å². The van der Waals surface area contributed by atoms with Crippen molar-refractivity contribution in [2.45, 2.75) is 116 Å². The van der Waals surface area contributed by atoms with Crippen LogP contribution in [0.5, 0.6) is 5.75 Å². The van der Waals surface area contributed by atoms with Crippen LogP contribution in [-0.4, -0.2) is 51.3 Å². The predicted octanol–water partition coefficient (Wildman–Crippen LogP) is 7.11. The number of aliphatic hydroxyl groups excluding tert-OH is 1. The molecule has 0 radical (unpaired) electrons. The average Bonchev–Trinajstić information content (AvgIpc) is 2.92. The molecule has 0 aromatic heterocycles. The second-order valence-corrected chi connectivity index (χ2v) is 11.5. The number of aryl methyl sites for hydroxylation is 1. The van der Waals surface area contributed by atoms with Gasteiger partial charge in [-0.1, -0.05) is 89.0 Å². The number of carbonyl (C=O) groups excluding carboxylic acids is 2. The third kappa shape index (κ3) is 14.7. The van der Waals surface area contributed by atoms with E-state index in [0.717, 1.165) is 6.42 Å². The molecule has 0 unspecified atom stereocenters. The highest BCUT2D eigenvalue weighted by atomic mass is 16.5. The molecule has 0 heterocycles. The number of carbonyl (C=O) groups is 2. The van der Waals surface area contributed by atoms with Crippen LogP contribution in [-0.2, 0) is 6.42 Å². The summed E-state index contributed by atoms with van der Waals surface area (Å²) < 4.78 is 5.15. The largest absolute Gasteiger partial charge is 0.491 e. The lowest BCUT2D eigenvalue weighted by molar-refractivity contribution is 0.0487. The van der Waals surface area contributed by atoms with Crippen molar-refractivity contribution in [3.8, 4) is 5.75 Å². The van der Waals surface area contributed by atoms with Gasteiger partial charge in [-0.05, 0) is 70.4 Å². The first-order valence-corrected chi connectivity index (χ1v) is 14.9. The summed E-state index contributed by atoms with van der Waals surface area (Å²) in [5.41, 5.74) is -0.356. The van der Waals surface area contributed by atoms with Crippen molar-refractivity contribution in [2.75, 3.05) is 13.2 Å². The van der Waals surface area contributed by atoms with Crippen LogP contribution in [0.1, 0.15) is 125 Å². The van der Waals surface area contributed by atoms with Crippen LogP contribution in [0, 0.1) is 0 Å². The number of benzene rings is 2. The molecule has 2 aromatic rings. The second-order valence-electron chi connectivity index (χ2n) is 11.5. The fourth-order valence-corrected chi connectivity index (χ4v) is 4.21. The number of Topliss-reactive ketones (excluding diaryl/α,β-unsaturated/α-hetero) is 2. The maximum absolute atomic E-state index is 12.0. The molecule has 0 amide bonds. The topological polar surface area (TPSA) is 104 Å². The van der Waals surface area contributed by atoms with E-state index in [2.05, 4.69) is 6.92 Å². The monoisotopic (exact) mass is 556 g/mol. The Labute approximate surface area is 241 Å². The van der Waals surface area contributed by atoms with Crippen molar-refractivity contribution in [1.82, 2.24) is 0 Å². The van der Waals surface area contributed by atoms with Crippen LogP contribution in [0.15, 0.2) is 48.5 Å². The maximum atomic E-state index is 12.0. The van der Waals surface area contributed by atoms with Gasteiger partial charge in [0, 0.05) is 11.1 Å². The summed E-state index contributed by atoms with van der Waals surface area (Å²) in [6.45, 7) is 8.40. The van der Waals surface area contributed by atoms with Gasteiger partial charge in [0.05, 0.1) is 6.61 Å². The van der Waals surface area contributed by atoms with Crippen LogP contribution in [0.2, 0.25) is 0 Å². The average molecular weight is 557 g/mol. The molecule has 6 heteroatoms. The molecule has 0 atom stereocenters. The van der Waals surface area contributed by atoms with E-state index in [0.29, 0.717) is 16.9 Å². The maximum Gasteiger partial charge on any atom is 0.193 e. The molecule has 3 N–H and O–H groups in total. The summed E-state index contributed by atoms with van der Waals surface area (Å²) in [5, 5.41) is 27.9. The Balaban J connectivity index is 0.000000433. The van der Waals surface area contributed by atoms with Crippen molar-refractivity contribution in [2.24, 2.45) is 0 Å². The molecule has 0 saturated heterocycles. The number of ether oxygens (including phenoxy) is 1. The molecule has 0 saturated carbocycles. The molecule has 224 valence electrons. The van der Waals surface area contributed by atoms with Gasteiger partial charge in [-0.2, -0.15) is 0 Å². The van der Waals surface area contributed by atoms with Crippen molar-refractivity contribution in [3.05, 3.63) is 65.2 Å². The fourth-order valence-electron chi connectivity index (χ4n) is 4.21. The number of ketones is 2. The lowest BCUT2D eigenvalue weighted by atomic mass is 9.95. The van der Waals surface area contributed by atoms with E-state index in [4.69, 9.17) is 9.84 Å². The first-order valence-electron chi connectivity index (χ1n) is 14.9. The van der Waals surface area contributed by atoms with Crippen LogP contribution >= 0.6 is 0 Å². The summed E-state index contributed by atoms with van der Waals surface area (Å²) in [6.07, 6.45) is 14.6. The quantitative estimate of drug-likeness (QED) is 0.133. The van der Waals surface area contributed by atoms with Gasteiger partial charge in [0.15, 0.2) is 11.6 Å². The Hall–Kier alpha value is -2.54. The van der Waals surface area contributed by atoms with Gasteiger partial charge < -0.3 is 20.1 Å². The SMILES string of the molecule is CC(C)(O)C(=O)c1ccc(OCCO)cc1.CCCCCCCCCCCCc1ccc(C(=O)C(C)(C)O)cc1. The van der Waals surface area contributed by atoms with Crippen molar-refractivity contribution < 1.29 is 29.6 Å². The zero-order chi connectivity index (χ0) is 30.0. The van der Waals surface area contributed by atoms with Gasteiger partial charge in [0.25, 0.3) is 0 Å². The smallest absolute Gasteiger partial charge is 0.193 e. The lowest BCUT2D eigenvalue weighted by Gasteiger charge is -2.15. The number of rotatable bonds is 18. The van der Waals surface area contributed by atoms with Gasteiger partial charge in [0.1, 0.15) is 23.6 Å². The molecule has 0 aliphatic carbocycles. The van der Waals surface area contributed by atoms with Gasteiger partial charge in [-0.3, -0.25) is 9.59 Å². The number of hydrogen-bond acceptors (Lipinski definition) is 6. The molecular formula is C34H52O6. The van der Waals surface area contributed by atoms with Gasteiger partial charge in [-0.25, -0.2) is 0 Å². The third-order valence-electron chi connectivity index (χ3n) is 6.62. The normalized spacial score (nSPS) is 11.5. The van der Waals surface area contributed by atoms with E-state index in [-0.39, 0.29) is 24.8 Å². The van der Waals surface area contributed by atoms with Crippen LogP contribution in [0.3, 0.4) is 0 Å². The minimum absolute atomic E-state index is 0.0512. The summed E-state index contributed by atoms with van der Waals surface area (Å²) in [6, 6.07) is 14.2. The van der Waals surface area contributed by atoms with Gasteiger partial charge >= 0.3 is 0 Å². The zero-order valence-corrected chi connectivity index (χ0v) is 25.4. The van der Waals surface area contributed by atoms with E-state index in [9.17, 15) is 19.8 Å². The van der Waals surface area contributed by atoms with Crippen molar-refractivity contribution >= 4 is 11.6 Å². The number of aliphatic hydroxyl groups is 3. The van der Waals surface area contributed by atoms with E-state index < -0.39 is 11.2 Å². The standard InChI is InChI=1S/C22H36O2.C12H16O4/c1-4-5-6-7-8-9-10-11-12-13-14-19-15-17-20(18-16-19)21(23)22(2,3)24;1-12(2,15)11(14)9-3-5-10(6-4-9)16-8-7-13/h15-18,24H,4-14H2,1-3H3;3-6,13,15H,7-8H2,1-2H3. The molecule has 0 aliphatic rings. The highest BCUT2D eigenvalue weighted by Crippen LogP contribution is 2.18. The highest BCUT2D eigenvalue weighted by molar-refractivity contribution is 6.02. The third-order valence-corrected chi connectivity index (χ3v) is 6.62. The minimum atomic E-state index is -1.37. The number of unbranched alkanes of at least 4 members (excludes halogenated alkanes) is 9. The molecule has 2 aromatic carbocycles. The van der Waals surface area contributed by atoms with Crippen molar-refractivity contribution in [1.29, 1.82) is 0 Å². The molecule has 2 rings (SSSR count). The Morgan fingerprint density at radius 2 is 1.05 bits per heavy atom. The zero-order valence-electron chi connectivity index (χ0n) is 25.4. The van der Waals surface area contributed by atoms with Crippen LogP contribution in [0.25, 0.3) is 0 Å². The lowest BCUT2D eigenvalue weighted by Crippen LogP contribution is -2.31. The van der Waals surface area contributed by atoms with Gasteiger partial charge in [-0.15, -0.1) is 0 Å². The molecule has 40 heavy (non-hydrogen) atoms. The molecule has 0 bridgehead atoms. The fraction of sp³-hybridized carbons (Fsp3) is 0.588. The molecule has 0 spiro atoms. The molecule has 6 nitrogen and oxygen atoms in total. The van der Waals surface area contributed by atoms with E-state index >= 15 is 0 Å². The first-order chi connectivity index (χ1) is 18.9. The van der Waals surface area contributed by atoms with Crippen LogP contribution in [0.4, 0.5) is 0 Å². The Kier molecular flexibility index (Phi) is 16.6. The van der Waals surface area contributed by atoms with E-state index in [1.54, 1.807) is 24.3 Å². The first kappa shape index (κ1) is 35.5. The Morgan fingerprint density at radius 1 is 0.650 bits per heavy atom. The Morgan fingerprint density at radius 3 is 1.45 bits per heavy atom. The molecule has 0 fully saturated rings. The summed E-state index contributed by atoms with van der Waals surface area (Å²) in [5.74, 6) is 0.0375. The predicted molar refractivity (Wildman–Crippen MR) is 162 cm³/mol. The minimum Gasteiger partial charge on any atom is -0.491 e.